The lowest BCUT2D eigenvalue weighted by atomic mass is 10.1. The van der Waals surface area contributed by atoms with Gasteiger partial charge in [-0.1, -0.05) is 36.0 Å². The van der Waals surface area contributed by atoms with Crippen LogP contribution in [0.25, 0.3) is 0 Å². The summed E-state index contributed by atoms with van der Waals surface area (Å²) < 4.78 is 1.06. The van der Waals surface area contributed by atoms with Gasteiger partial charge < -0.3 is 15.5 Å². The highest BCUT2D eigenvalue weighted by atomic mass is 32.2. The second-order valence-corrected chi connectivity index (χ2v) is 9.44. The molecule has 2 N–H and O–H groups in total. The van der Waals surface area contributed by atoms with Crippen molar-refractivity contribution in [2.45, 2.75) is 23.6 Å². The molecule has 31 heavy (non-hydrogen) atoms. The summed E-state index contributed by atoms with van der Waals surface area (Å²) in [5.41, 5.74) is 4.90. The highest BCUT2D eigenvalue weighted by molar-refractivity contribution is 8.00. The SMILES string of the molecule is Cc1csc(SCc2ccc(C(=O)NCc3ccc(N4CCNC(=O)C4)cc3)cc2)n1. The van der Waals surface area contributed by atoms with Gasteiger partial charge in [0.1, 0.15) is 4.34 Å². The van der Waals surface area contributed by atoms with Crippen LogP contribution in [0.5, 0.6) is 0 Å². The molecule has 2 amide bonds. The van der Waals surface area contributed by atoms with Gasteiger partial charge in [0.2, 0.25) is 5.91 Å². The molecule has 1 aliphatic heterocycles. The predicted molar refractivity (Wildman–Crippen MR) is 126 cm³/mol. The first-order chi connectivity index (χ1) is 15.1. The summed E-state index contributed by atoms with van der Waals surface area (Å²) in [5.74, 6) is 0.789. The van der Waals surface area contributed by atoms with E-state index >= 15 is 0 Å². The van der Waals surface area contributed by atoms with Crippen molar-refractivity contribution in [1.29, 1.82) is 0 Å². The van der Waals surface area contributed by atoms with E-state index in [0.29, 0.717) is 25.2 Å². The van der Waals surface area contributed by atoms with E-state index in [2.05, 4.69) is 25.9 Å². The number of hydrogen-bond donors (Lipinski definition) is 2. The lowest BCUT2D eigenvalue weighted by Crippen LogP contribution is -2.47. The van der Waals surface area contributed by atoms with Crippen LogP contribution in [0.15, 0.2) is 58.3 Å². The van der Waals surface area contributed by atoms with Gasteiger partial charge in [0.25, 0.3) is 5.91 Å². The number of thiazole rings is 1. The Kier molecular flexibility index (Phi) is 6.89. The first kappa shape index (κ1) is 21.4. The Morgan fingerprint density at radius 1 is 1.16 bits per heavy atom. The topological polar surface area (TPSA) is 74.3 Å². The Bertz CT molecular complexity index is 1050. The third-order valence-corrected chi connectivity index (χ3v) is 7.18. The van der Waals surface area contributed by atoms with Crippen molar-refractivity contribution in [1.82, 2.24) is 15.6 Å². The van der Waals surface area contributed by atoms with Crippen molar-refractivity contribution in [3.05, 3.63) is 76.3 Å². The van der Waals surface area contributed by atoms with Gasteiger partial charge in [0.15, 0.2) is 0 Å². The van der Waals surface area contributed by atoms with E-state index in [4.69, 9.17) is 0 Å². The number of rotatable bonds is 7. The lowest BCUT2D eigenvalue weighted by molar-refractivity contribution is -0.120. The lowest BCUT2D eigenvalue weighted by Gasteiger charge is -2.28. The zero-order valence-electron chi connectivity index (χ0n) is 17.3. The van der Waals surface area contributed by atoms with Crippen LogP contribution in [0, 0.1) is 6.92 Å². The minimum Gasteiger partial charge on any atom is -0.360 e. The number of aromatic nitrogens is 1. The number of benzene rings is 2. The van der Waals surface area contributed by atoms with E-state index in [-0.39, 0.29) is 11.8 Å². The molecule has 2 heterocycles. The molecule has 1 saturated heterocycles. The second kappa shape index (κ2) is 9.98. The maximum absolute atomic E-state index is 12.5. The average molecular weight is 453 g/mol. The van der Waals surface area contributed by atoms with Crippen LogP contribution < -0.4 is 15.5 Å². The van der Waals surface area contributed by atoms with Gasteiger partial charge in [-0.05, 0) is 42.3 Å². The standard InChI is InChI=1S/C23H24N4O2S2/c1-16-14-30-23(26-16)31-15-18-2-6-19(7-3-18)22(29)25-12-17-4-8-20(9-5-17)27-11-10-24-21(28)13-27/h2-9,14H,10-13,15H2,1H3,(H,24,28)(H,25,29). The van der Waals surface area contributed by atoms with Crippen LogP contribution in [0.1, 0.15) is 27.2 Å². The van der Waals surface area contributed by atoms with Crippen LogP contribution >= 0.6 is 23.1 Å². The molecule has 8 heteroatoms. The summed E-state index contributed by atoms with van der Waals surface area (Å²) in [6, 6.07) is 15.7. The van der Waals surface area contributed by atoms with E-state index in [9.17, 15) is 9.59 Å². The number of thioether (sulfide) groups is 1. The molecule has 0 bridgehead atoms. The van der Waals surface area contributed by atoms with Crippen molar-refractivity contribution in [3.63, 3.8) is 0 Å². The molecule has 160 valence electrons. The Hall–Kier alpha value is -2.84. The first-order valence-corrected chi connectivity index (χ1v) is 12.0. The molecule has 4 rings (SSSR count). The van der Waals surface area contributed by atoms with E-state index in [0.717, 1.165) is 39.1 Å². The highest BCUT2D eigenvalue weighted by Gasteiger charge is 2.16. The average Bonchev–Trinajstić information content (AvgIpc) is 3.22. The Balaban J connectivity index is 1.26. The van der Waals surface area contributed by atoms with Crippen molar-refractivity contribution >= 4 is 40.6 Å². The van der Waals surface area contributed by atoms with Crippen molar-refractivity contribution < 1.29 is 9.59 Å². The summed E-state index contributed by atoms with van der Waals surface area (Å²) in [6.45, 7) is 4.31. The number of carbonyl (C=O) groups is 2. The summed E-state index contributed by atoms with van der Waals surface area (Å²) >= 11 is 3.37. The third kappa shape index (κ3) is 5.86. The predicted octanol–water partition coefficient (Wildman–Crippen LogP) is 3.61. The van der Waals surface area contributed by atoms with Crippen LogP contribution in [0.4, 0.5) is 5.69 Å². The number of anilines is 1. The molecular formula is C23H24N4O2S2. The van der Waals surface area contributed by atoms with Crippen molar-refractivity contribution in [3.8, 4) is 0 Å². The number of carbonyl (C=O) groups excluding carboxylic acids is 2. The summed E-state index contributed by atoms with van der Waals surface area (Å²) in [4.78, 5) is 30.5. The molecule has 6 nitrogen and oxygen atoms in total. The van der Waals surface area contributed by atoms with E-state index in [1.54, 1.807) is 23.1 Å². The molecule has 1 aromatic heterocycles. The quantitative estimate of drug-likeness (QED) is 0.536. The molecule has 2 aromatic carbocycles. The van der Waals surface area contributed by atoms with Gasteiger partial charge in [-0.2, -0.15) is 0 Å². The van der Waals surface area contributed by atoms with Gasteiger partial charge in [0.05, 0.1) is 6.54 Å². The number of nitrogens with one attached hydrogen (secondary N) is 2. The van der Waals surface area contributed by atoms with Gasteiger partial charge in [-0.3, -0.25) is 9.59 Å². The highest BCUT2D eigenvalue weighted by Crippen LogP contribution is 2.26. The normalized spacial score (nSPS) is 13.7. The largest absolute Gasteiger partial charge is 0.360 e. The van der Waals surface area contributed by atoms with Crippen molar-refractivity contribution in [2.75, 3.05) is 24.5 Å². The molecule has 0 atom stereocenters. The fraction of sp³-hybridized carbons (Fsp3) is 0.261. The molecule has 0 unspecified atom stereocenters. The number of nitrogens with zero attached hydrogens (tertiary/aromatic N) is 2. The zero-order valence-corrected chi connectivity index (χ0v) is 18.9. The van der Waals surface area contributed by atoms with E-state index < -0.39 is 0 Å². The first-order valence-electron chi connectivity index (χ1n) is 10.1. The molecular weight excluding hydrogens is 428 g/mol. The minimum absolute atomic E-state index is 0.0467. The molecule has 0 spiro atoms. The molecule has 1 aliphatic rings. The fourth-order valence-corrected chi connectivity index (χ4v) is 5.07. The molecule has 0 saturated carbocycles. The third-order valence-electron chi connectivity index (χ3n) is 4.97. The minimum atomic E-state index is -0.0912. The smallest absolute Gasteiger partial charge is 0.251 e. The number of aryl methyl sites for hydroxylation is 1. The van der Waals surface area contributed by atoms with Crippen LogP contribution in [-0.4, -0.2) is 36.4 Å². The Morgan fingerprint density at radius 2 is 1.90 bits per heavy atom. The van der Waals surface area contributed by atoms with Crippen LogP contribution in [0.3, 0.4) is 0 Å². The maximum atomic E-state index is 12.5. The van der Waals surface area contributed by atoms with Crippen LogP contribution in [-0.2, 0) is 17.1 Å². The Labute approximate surface area is 190 Å². The molecule has 3 aromatic rings. The second-order valence-electron chi connectivity index (χ2n) is 7.36. The molecule has 0 aliphatic carbocycles. The molecule has 1 fully saturated rings. The van der Waals surface area contributed by atoms with Gasteiger partial charge >= 0.3 is 0 Å². The molecule has 0 radical (unpaired) electrons. The number of hydrogen-bond acceptors (Lipinski definition) is 6. The zero-order chi connectivity index (χ0) is 21.6. The summed E-state index contributed by atoms with van der Waals surface area (Å²) in [6.07, 6.45) is 0. The number of amides is 2. The number of piperazine rings is 1. The fourth-order valence-electron chi connectivity index (χ4n) is 3.26. The van der Waals surface area contributed by atoms with E-state index in [1.165, 1.54) is 0 Å². The van der Waals surface area contributed by atoms with Gasteiger partial charge in [0, 0.05) is 47.7 Å². The Morgan fingerprint density at radius 3 is 2.58 bits per heavy atom. The van der Waals surface area contributed by atoms with Crippen molar-refractivity contribution in [2.24, 2.45) is 0 Å². The maximum Gasteiger partial charge on any atom is 0.251 e. The summed E-state index contributed by atoms with van der Waals surface area (Å²) in [5, 5.41) is 7.85. The van der Waals surface area contributed by atoms with E-state index in [1.807, 2.05) is 55.5 Å². The van der Waals surface area contributed by atoms with Gasteiger partial charge in [-0.15, -0.1) is 11.3 Å². The summed E-state index contributed by atoms with van der Waals surface area (Å²) in [7, 11) is 0. The van der Waals surface area contributed by atoms with Crippen LogP contribution in [0.2, 0.25) is 0 Å². The monoisotopic (exact) mass is 452 g/mol. The van der Waals surface area contributed by atoms with Gasteiger partial charge in [-0.25, -0.2) is 4.98 Å².